The minimum Gasteiger partial charge on any atom is -0.381 e. The highest BCUT2D eigenvalue weighted by Gasteiger charge is 2.18. The molecule has 0 atom stereocenters. The molecule has 0 bridgehead atoms. The summed E-state index contributed by atoms with van der Waals surface area (Å²) in [6.07, 6.45) is 2.78. The van der Waals surface area contributed by atoms with Crippen molar-refractivity contribution in [2.45, 2.75) is 51.9 Å². The molecular formula is C17H28N2O. The number of piperidine rings is 1. The predicted octanol–water partition coefficient (Wildman–Crippen LogP) is 2.80. The van der Waals surface area contributed by atoms with E-state index in [4.69, 9.17) is 4.74 Å². The van der Waals surface area contributed by atoms with Crippen LogP contribution in [0.5, 0.6) is 0 Å². The van der Waals surface area contributed by atoms with Crippen molar-refractivity contribution in [1.82, 2.24) is 10.2 Å². The van der Waals surface area contributed by atoms with Gasteiger partial charge < -0.3 is 10.1 Å². The SMILES string of the molecule is COC1CCN(Cc2cccc(CNC(C)C)c2)CC1. The molecule has 0 aliphatic carbocycles. The van der Waals surface area contributed by atoms with E-state index in [0.717, 1.165) is 39.0 Å². The molecular weight excluding hydrogens is 248 g/mol. The van der Waals surface area contributed by atoms with E-state index < -0.39 is 0 Å². The van der Waals surface area contributed by atoms with Crippen molar-refractivity contribution in [1.29, 1.82) is 0 Å². The maximum atomic E-state index is 5.43. The summed E-state index contributed by atoms with van der Waals surface area (Å²) < 4.78 is 5.43. The Kier molecular flexibility index (Phi) is 6.02. The molecule has 0 saturated carbocycles. The summed E-state index contributed by atoms with van der Waals surface area (Å²) in [4.78, 5) is 2.53. The molecule has 0 amide bonds. The molecule has 1 saturated heterocycles. The molecule has 0 spiro atoms. The van der Waals surface area contributed by atoms with Crippen molar-refractivity contribution < 1.29 is 4.74 Å². The van der Waals surface area contributed by atoms with Gasteiger partial charge in [0.15, 0.2) is 0 Å². The Morgan fingerprint density at radius 3 is 2.60 bits per heavy atom. The van der Waals surface area contributed by atoms with E-state index in [1.807, 2.05) is 7.11 Å². The molecule has 1 aliphatic heterocycles. The van der Waals surface area contributed by atoms with Crippen LogP contribution in [-0.2, 0) is 17.8 Å². The Morgan fingerprint density at radius 1 is 1.25 bits per heavy atom. The number of ether oxygens (including phenoxy) is 1. The zero-order chi connectivity index (χ0) is 14.4. The average Bonchev–Trinajstić information content (AvgIpc) is 2.46. The van der Waals surface area contributed by atoms with Gasteiger partial charge in [0.25, 0.3) is 0 Å². The quantitative estimate of drug-likeness (QED) is 0.864. The summed E-state index contributed by atoms with van der Waals surface area (Å²) in [6.45, 7) is 8.68. The van der Waals surface area contributed by atoms with Crippen molar-refractivity contribution in [3.8, 4) is 0 Å². The topological polar surface area (TPSA) is 24.5 Å². The van der Waals surface area contributed by atoms with Crippen LogP contribution in [0.3, 0.4) is 0 Å². The van der Waals surface area contributed by atoms with Crippen LogP contribution in [0, 0.1) is 0 Å². The lowest BCUT2D eigenvalue weighted by Crippen LogP contribution is -2.36. The van der Waals surface area contributed by atoms with Crippen LogP contribution in [-0.4, -0.2) is 37.2 Å². The minimum atomic E-state index is 0.466. The second-order valence-corrected chi connectivity index (χ2v) is 6.07. The van der Waals surface area contributed by atoms with Gasteiger partial charge in [-0.1, -0.05) is 38.1 Å². The maximum absolute atomic E-state index is 5.43. The molecule has 1 aliphatic rings. The normalized spacial score (nSPS) is 17.8. The highest BCUT2D eigenvalue weighted by atomic mass is 16.5. The Labute approximate surface area is 123 Å². The van der Waals surface area contributed by atoms with Gasteiger partial charge in [-0.05, 0) is 24.0 Å². The fourth-order valence-corrected chi connectivity index (χ4v) is 2.72. The Balaban J connectivity index is 1.85. The van der Waals surface area contributed by atoms with E-state index >= 15 is 0 Å². The third kappa shape index (κ3) is 4.89. The van der Waals surface area contributed by atoms with Gasteiger partial charge in [-0.15, -0.1) is 0 Å². The van der Waals surface area contributed by atoms with Gasteiger partial charge in [0.2, 0.25) is 0 Å². The number of methoxy groups -OCH3 is 1. The predicted molar refractivity (Wildman–Crippen MR) is 83.7 cm³/mol. The van der Waals surface area contributed by atoms with Gasteiger partial charge in [0.05, 0.1) is 6.10 Å². The van der Waals surface area contributed by atoms with E-state index in [1.165, 1.54) is 11.1 Å². The third-order valence-electron chi connectivity index (χ3n) is 3.98. The smallest absolute Gasteiger partial charge is 0.0595 e. The van der Waals surface area contributed by atoms with Crippen LogP contribution in [0.1, 0.15) is 37.8 Å². The minimum absolute atomic E-state index is 0.466. The zero-order valence-electron chi connectivity index (χ0n) is 13.1. The molecule has 1 N–H and O–H groups in total. The van der Waals surface area contributed by atoms with Crippen LogP contribution in [0.15, 0.2) is 24.3 Å². The molecule has 0 unspecified atom stereocenters. The van der Waals surface area contributed by atoms with E-state index in [2.05, 4.69) is 48.3 Å². The number of benzene rings is 1. The monoisotopic (exact) mass is 276 g/mol. The molecule has 0 aromatic heterocycles. The van der Waals surface area contributed by atoms with Gasteiger partial charge in [0.1, 0.15) is 0 Å². The standard InChI is InChI=1S/C17H28N2O/c1-14(2)18-12-15-5-4-6-16(11-15)13-19-9-7-17(20-3)8-10-19/h4-6,11,14,17-18H,7-10,12-13H2,1-3H3. The molecule has 1 aromatic rings. The molecule has 0 radical (unpaired) electrons. The first-order chi connectivity index (χ1) is 9.67. The number of nitrogens with zero attached hydrogens (tertiary/aromatic N) is 1. The van der Waals surface area contributed by atoms with E-state index in [0.29, 0.717) is 12.1 Å². The van der Waals surface area contributed by atoms with Crippen molar-refractivity contribution in [3.05, 3.63) is 35.4 Å². The van der Waals surface area contributed by atoms with Gasteiger partial charge in [-0.2, -0.15) is 0 Å². The number of nitrogens with one attached hydrogen (secondary N) is 1. The summed E-state index contributed by atoms with van der Waals surface area (Å²) in [7, 11) is 1.82. The van der Waals surface area contributed by atoms with Crippen LogP contribution in [0.25, 0.3) is 0 Å². The molecule has 1 heterocycles. The van der Waals surface area contributed by atoms with Crippen LogP contribution in [0.2, 0.25) is 0 Å². The highest BCUT2D eigenvalue weighted by molar-refractivity contribution is 5.23. The summed E-state index contributed by atoms with van der Waals surface area (Å²) in [6, 6.07) is 9.48. The first-order valence-electron chi connectivity index (χ1n) is 7.73. The summed E-state index contributed by atoms with van der Waals surface area (Å²) in [5.74, 6) is 0. The van der Waals surface area contributed by atoms with Crippen molar-refractivity contribution in [3.63, 3.8) is 0 Å². The maximum Gasteiger partial charge on any atom is 0.0595 e. The largest absolute Gasteiger partial charge is 0.381 e. The van der Waals surface area contributed by atoms with Crippen molar-refractivity contribution in [2.75, 3.05) is 20.2 Å². The molecule has 3 nitrogen and oxygen atoms in total. The third-order valence-corrected chi connectivity index (χ3v) is 3.98. The summed E-state index contributed by atoms with van der Waals surface area (Å²) >= 11 is 0. The number of likely N-dealkylation sites (tertiary alicyclic amines) is 1. The Morgan fingerprint density at radius 2 is 1.95 bits per heavy atom. The zero-order valence-corrected chi connectivity index (χ0v) is 13.1. The van der Waals surface area contributed by atoms with E-state index in [-0.39, 0.29) is 0 Å². The Hall–Kier alpha value is -0.900. The van der Waals surface area contributed by atoms with Gasteiger partial charge >= 0.3 is 0 Å². The van der Waals surface area contributed by atoms with Crippen LogP contribution < -0.4 is 5.32 Å². The molecule has 1 aromatic carbocycles. The number of rotatable bonds is 6. The van der Waals surface area contributed by atoms with Crippen LogP contribution >= 0.6 is 0 Å². The second kappa shape index (κ2) is 7.77. The van der Waals surface area contributed by atoms with Gasteiger partial charge in [0, 0.05) is 39.3 Å². The van der Waals surface area contributed by atoms with Crippen molar-refractivity contribution in [2.24, 2.45) is 0 Å². The van der Waals surface area contributed by atoms with Gasteiger partial charge in [-0.3, -0.25) is 4.90 Å². The summed E-state index contributed by atoms with van der Waals surface area (Å²) in [5, 5.41) is 3.48. The number of hydrogen-bond donors (Lipinski definition) is 1. The second-order valence-electron chi connectivity index (χ2n) is 6.07. The lowest BCUT2D eigenvalue weighted by molar-refractivity contribution is 0.0388. The molecule has 3 heteroatoms. The Bertz CT molecular complexity index is 398. The lowest BCUT2D eigenvalue weighted by Gasteiger charge is -2.31. The van der Waals surface area contributed by atoms with Crippen LogP contribution in [0.4, 0.5) is 0 Å². The number of hydrogen-bond acceptors (Lipinski definition) is 3. The first-order valence-corrected chi connectivity index (χ1v) is 7.73. The fourth-order valence-electron chi connectivity index (χ4n) is 2.72. The van der Waals surface area contributed by atoms with E-state index in [1.54, 1.807) is 0 Å². The molecule has 1 fully saturated rings. The highest BCUT2D eigenvalue weighted by Crippen LogP contribution is 2.16. The fraction of sp³-hybridized carbons (Fsp3) is 0.647. The van der Waals surface area contributed by atoms with E-state index in [9.17, 15) is 0 Å². The average molecular weight is 276 g/mol. The molecule has 2 rings (SSSR count). The van der Waals surface area contributed by atoms with Crippen molar-refractivity contribution >= 4 is 0 Å². The molecule has 112 valence electrons. The molecule has 20 heavy (non-hydrogen) atoms. The first kappa shape index (κ1) is 15.5. The van der Waals surface area contributed by atoms with Gasteiger partial charge in [-0.25, -0.2) is 0 Å². The lowest BCUT2D eigenvalue weighted by atomic mass is 10.1. The summed E-state index contributed by atoms with van der Waals surface area (Å²) in [5.41, 5.74) is 2.80.